The molecular formula is C9H10N4O. The molecule has 0 bridgehead atoms. The van der Waals surface area contributed by atoms with Crippen molar-refractivity contribution in [3.05, 3.63) is 30.2 Å². The van der Waals surface area contributed by atoms with Gasteiger partial charge in [0.25, 0.3) is 0 Å². The lowest BCUT2D eigenvalue weighted by atomic mass is 10.4. The molecule has 0 aliphatic heterocycles. The highest BCUT2D eigenvalue weighted by atomic mass is 16.3. The van der Waals surface area contributed by atoms with Gasteiger partial charge in [0.2, 0.25) is 0 Å². The first-order valence-electron chi connectivity index (χ1n) is 4.17. The molecule has 0 saturated heterocycles. The van der Waals surface area contributed by atoms with Gasteiger partial charge < -0.3 is 15.9 Å². The van der Waals surface area contributed by atoms with E-state index in [9.17, 15) is 0 Å². The molecule has 5 nitrogen and oxygen atoms in total. The van der Waals surface area contributed by atoms with Crippen molar-refractivity contribution in [2.24, 2.45) is 5.73 Å². The summed E-state index contributed by atoms with van der Waals surface area (Å²) in [6.07, 6.45) is 1.59. The Hall–Kier alpha value is -1.88. The fraction of sp³-hybridized carbons (Fsp3) is 0.111. The van der Waals surface area contributed by atoms with E-state index in [-0.39, 0.29) is 0 Å². The smallest absolute Gasteiger partial charge is 0.197 e. The van der Waals surface area contributed by atoms with Crippen LogP contribution in [0.3, 0.4) is 0 Å². The second kappa shape index (κ2) is 3.47. The summed E-state index contributed by atoms with van der Waals surface area (Å²) in [6.45, 7) is 0.363. The third-order valence-corrected chi connectivity index (χ3v) is 1.76. The average molecular weight is 190 g/mol. The molecule has 0 spiro atoms. The topological polar surface area (TPSA) is 91.0 Å². The van der Waals surface area contributed by atoms with Crippen molar-refractivity contribution < 1.29 is 4.42 Å². The van der Waals surface area contributed by atoms with Crippen molar-refractivity contribution in [2.45, 2.75) is 6.54 Å². The summed E-state index contributed by atoms with van der Waals surface area (Å²) in [5.41, 5.74) is 10.9. The number of rotatable bonds is 2. The summed E-state index contributed by atoms with van der Waals surface area (Å²) in [6, 6.07) is 5.19. The van der Waals surface area contributed by atoms with E-state index in [4.69, 9.17) is 15.9 Å². The first-order chi connectivity index (χ1) is 6.79. The maximum atomic E-state index is 5.52. The minimum atomic E-state index is 0.363. The lowest BCUT2D eigenvalue weighted by Gasteiger charge is -1.95. The highest BCUT2D eigenvalue weighted by Gasteiger charge is 2.06. The third-order valence-electron chi connectivity index (χ3n) is 1.76. The maximum absolute atomic E-state index is 5.52. The largest absolute Gasteiger partial charge is 0.456 e. The van der Waals surface area contributed by atoms with Gasteiger partial charge in [0, 0.05) is 6.20 Å². The first-order valence-corrected chi connectivity index (χ1v) is 4.17. The second-order valence-electron chi connectivity index (χ2n) is 2.78. The monoisotopic (exact) mass is 190 g/mol. The Kier molecular flexibility index (Phi) is 2.16. The van der Waals surface area contributed by atoms with E-state index in [2.05, 4.69) is 9.97 Å². The summed E-state index contributed by atoms with van der Waals surface area (Å²) >= 11 is 0. The molecule has 2 rings (SSSR count). The minimum absolute atomic E-state index is 0.363. The number of hydrogen-bond acceptors (Lipinski definition) is 5. The van der Waals surface area contributed by atoms with Crippen LogP contribution in [0.2, 0.25) is 0 Å². The van der Waals surface area contributed by atoms with Crippen LogP contribution in [0.4, 0.5) is 5.82 Å². The summed E-state index contributed by atoms with van der Waals surface area (Å²) < 4.78 is 5.37. The van der Waals surface area contributed by atoms with Crippen molar-refractivity contribution in [1.82, 2.24) is 9.97 Å². The van der Waals surface area contributed by atoms with Gasteiger partial charge in [-0.3, -0.25) is 0 Å². The van der Waals surface area contributed by atoms with Gasteiger partial charge in [0.1, 0.15) is 11.6 Å². The molecule has 5 heteroatoms. The minimum Gasteiger partial charge on any atom is -0.456 e. The molecular weight excluding hydrogens is 180 g/mol. The van der Waals surface area contributed by atoms with Gasteiger partial charge in [-0.1, -0.05) is 0 Å². The van der Waals surface area contributed by atoms with E-state index >= 15 is 0 Å². The number of furan rings is 1. The van der Waals surface area contributed by atoms with Crippen LogP contribution >= 0.6 is 0 Å². The molecule has 2 heterocycles. The molecule has 0 atom stereocenters. The summed E-state index contributed by atoms with van der Waals surface area (Å²) in [5.74, 6) is 2.18. The number of nitrogens with zero attached hydrogens (tertiary/aromatic N) is 2. The van der Waals surface area contributed by atoms with Gasteiger partial charge in [-0.2, -0.15) is 0 Å². The van der Waals surface area contributed by atoms with Gasteiger partial charge in [0.05, 0.1) is 6.54 Å². The van der Waals surface area contributed by atoms with Gasteiger partial charge in [-0.25, -0.2) is 9.97 Å². The van der Waals surface area contributed by atoms with Crippen LogP contribution in [0.1, 0.15) is 5.76 Å². The normalized spacial score (nSPS) is 10.4. The molecule has 2 aromatic heterocycles. The molecule has 0 saturated carbocycles. The van der Waals surface area contributed by atoms with Crippen molar-refractivity contribution in [3.63, 3.8) is 0 Å². The highest BCUT2D eigenvalue weighted by molar-refractivity contribution is 5.49. The Morgan fingerprint density at radius 1 is 1.29 bits per heavy atom. The molecule has 0 fully saturated rings. The summed E-state index contributed by atoms with van der Waals surface area (Å²) in [5, 5.41) is 0. The third kappa shape index (κ3) is 1.57. The highest BCUT2D eigenvalue weighted by Crippen LogP contribution is 2.18. The Morgan fingerprint density at radius 3 is 2.79 bits per heavy atom. The zero-order chi connectivity index (χ0) is 9.97. The molecule has 4 N–H and O–H groups in total. The van der Waals surface area contributed by atoms with E-state index < -0.39 is 0 Å². The van der Waals surface area contributed by atoms with Crippen molar-refractivity contribution in [3.8, 4) is 11.6 Å². The molecule has 0 unspecified atom stereocenters. The standard InChI is InChI=1S/C9H10N4O/c10-5-6-1-2-7(14-6)9-12-4-3-8(11)13-9/h1-4H,5,10H2,(H2,11,12,13). The van der Waals surface area contributed by atoms with E-state index in [0.717, 1.165) is 0 Å². The predicted molar refractivity (Wildman–Crippen MR) is 52.0 cm³/mol. The van der Waals surface area contributed by atoms with Crippen LogP contribution in [0, 0.1) is 0 Å². The van der Waals surface area contributed by atoms with Crippen LogP contribution in [-0.2, 0) is 6.54 Å². The molecule has 0 aromatic carbocycles. The lowest BCUT2D eigenvalue weighted by molar-refractivity contribution is 0.522. The Labute approximate surface area is 80.8 Å². The SMILES string of the molecule is NCc1ccc(-c2nccc(N)n2)o1. The quantitative estimate of drug-likeness (QED) is 0.730. The van der Waals surface area contributed by atoms with Gasteiger partial charge >= 0.3 is 0 Å². The zero-order valence-corrected chi connectivity index (χ0v) is 7.47. The van der Waals surface area contributed by atoms with Gasteiger partial charge in [-0.05, 0) is 18.2 Å². The van der Waals surface area contributed by atoms with E-state index in [1.165, 1.54) is 0 Å². The predicted octanol–water partition coefficient (Wildman–Crippen LogP) is 0.778. The van der Waals surface area contributed by atoms with Crippen LogP contribution < -0.4 is 11.5 Å². The molecule has 0 radical (unpaired) electrons. The van der Waals surface area contributed by atoms with E-state index in [1.54, 1.807) is 24.4 Å². The molecule has 0 amide bonds. The number of nitrogens with two attached hydrogens (primary N) is 2. The van der Waals surface area contributed by atoms with Crippen LogP contribution in [0.5, 0.6) is 0 Å². The fourth-order valence-corrected chi connectivity index (χ4v) is 1.10. The van der Waals surface area contributed by atoms with Gasteiger partial charge in [0.15, 0.2) is 11.6 Å². The summed E-state index contributed by atoms with van der Waals surface area (Å²) in [7, 11) is 0. The summed E-state index contributed by atoms with van der Waals surface area (Å²) in [4.78, 5) is 8.05. The maximum Gasteiger partial charge on any atom is 0.197 e. The lowest BCUT2D eigenvalue weighted by Crippen LogP contribution is -1.94. The second-order valence-corrected chi connectivity index (χ2v) is 2.78. The van der Waals surface area contributed by atoms with Crippen molar-refractivity contribution >= 4 is 5.82 Å². The van der Waals surface area contributed by atoms with Gasteiger partial charge in [-0.15, -0.1) is 0 Å². The molecule has 14 heavy (non-hydrogen) atoms. The molecule has 0 aliphatic rings. The molecule has 0 aliphatic carbocycles. The Morgan fingerprint density at radius 2 is 2.14 bits per heavy atom. The van der Waals surface area contributed by atoms with E-state index in [0.29, 0.717) is 29.7 Å². The van der Waals surface area contributed by atoms with Crippen LogP contribution in [0.15, 0.2) is 28.8 Å². The number of aromatic nitrogens is 2. The number of nitrogen functional groups attached to an aromatic ring is 1. The number of hydrogen-bond donors (Lipinski definition) is 2. The van der Waals surface area contributed by atoms with Crippen LogP contribution in [-0.4, -0.2) is 9.97 Å². The fourth-order valence-electron chi connectivity index (χ4n) is 1.10. The van der Waals surface area contributed by atoms with Crippen molar-refractivity contribution in [1.29, 1.82) is 0 Å². The van der Waals surface area contributed by atoms with Crippen molar-refractivity contribution in [2.75, 3.05) is 5.73 Å². The van der Waals surface area contributed by atoms with Crippen LogP contribution in [0.25, 0.3) is 11.6 Å². The average Bonchev–Trinajstić information content (AvgIpc) is 2.66. The molecule has 72 valence electrons. The molecule has 2 aromatic rings. The Bertz CT molecular complexity index is 438. The number of anilines is 1. The first kappa shape index (κ1) is 8.71. The Balaban J connectivity index is 2.39. The van der Waals surface area contributed by atoms with E-state index in [1.807, 2.05) is 0 Å². The zero-order valence-electron chi connectivity index (χ0n) is 7.47.